The van der Waals surface area contributed by atoms with Gasteiger partial charge in [-0.05, 0) is 30.5 Å². The quantitative estimate of drug-likeness (QED) is 0.653. The molecule has 2 atom stereocenters. The van der Waals surface area contributed by atoms with Gasteiger partial charge in [0.25, 0.3) is 5.91 Å². The fraction of sp³-hybridized carbons (Fsp3) is 0.368. The highest BCUT2D eigenvalue weighted by molar-refractivity contribution is 7.13. The molecule has 1 aromatic carbocycles. The molecule has 146 valence electrons. The maximum absolute atomic E-state index is 12.7. The fourth-order valence-corrected chi connectivity index (χ4v) is 4.27. The molecule has 4 rings (SSSR count). The van der Waals surface area contributed by atoms with Crippen molar-refractivity contribution < 1.29 is 14.4 Å². The standard InChI is InChI=1S/C19H21N5O3S/c1-10(14-9-28-19(20)22-14)21-7-11-2-3-13-12(6-11)8-24(18(13)27)15-4-5-16(25)23-17(15)26/h2-3,6,9-10,15,21H,4-5,7-8H2,1H3,(H2,20,22)(H,23,25,26). The first kappa shape index (κ1) is 18.6. The van der Waals surface area contributed by atoms with Crippen LogP contribution in [-0.2, 0) is 22.7 Å². The van der Waals surface area contributed by atoms with Crippen molar-refractivity contribution in [3.05, 3.63) is 46.0 Å². The van der Waals surface area contributed by atoms with Crippen molar-refractivity contribution in [2.75, 3.05) is 5.73 Å². The van der Waals surface area contributed by atoms with Crippen LogP contribution in [0.15, 0.2) is 23.6 Å². The normalized spacial score (nSPS) is 20.2. The molecular weight excluding hydrogens is 378 g/mol. The Morgan fingerprint density at radius 1 is 1.39 bits per heavy atom. The van der Waals surface area contributed by atoms with E-state index in [9.17, 15) is 14.4 Å². The van der Waals surface area contributed by atoms with E-state index in [1.165, 1.54) is 11.3 Å². The predicted molar refractivity (Wildman–Crippen MR) is 104 cm³/mol. The molecule has 0 spiro atoms. The Morgan fingerprint density at radius 2 is 2.21 bits per heavy atom. The first-order chi connectivity index (χ1) is 13.4. The Hall–Kier alpha value is -2.78. The largest absolute Gasteiger partial charge is 0.375 e. The van der Waals surface area contributed by atoms with Crippen LogP contribution >= 0.6 is 11.3 Å². The minimum atomic E-state index is -0.589. The van der Waals surface area contributed by atoms with Gasteiger partial charge >= 0.3 is 0 Å². The van der Waals surface area contributed by atoms with Crippen LogP contribution in [0.4, 0.5) is 5.13 Å². The third-order valence-electron chi connectivity index (χ3n) is 5.18. The number of rotatable bonds is 5. The average molecular weight is 399 g/mol. The monoisotopic (exact) mass is 399 g/mol. The predicted octanol–water partition coefficient (Wildman–Crippen LogP) is 1.34. The Morgan fingerprint density at radius 3 is 2.93 bits per heavy atom. The number of benzene rings is 1. The van der Waals surface area contributed by atoms with Gasteiger partial charge in [-0.25, -0.2) is 4.98 Å². The summed E-state index contributed by atoms with van der Waals surface area (Å²) in [6, 6.07) is 5.19. The molecule has 1 saturated heterocycles. The molecule has 28 heavy (non-hydrogen) atoms. The van der Waals surface area contributed by atoms with Crippen LogP contribution in [0, 0.1) is 0 Å². The van der Waals surface area contributed by atoms with E-state index in [1.54, 1.807) is 4.90 Å². The highest BCUT2D eigenvalue weighted by atomic mass is 32.1. The fourth-order valence-electron chi connectivity index (χ4n) is 3.61. The molecule has 1 aromatic heterocycles. The molecule has 2 aliphatic heterocycles. The highest BCUT2D eigenvalue weighted by Crippen LogP contribution is 2.28. The van der Waals surface area contributed by atoms with Gasteiger partial charge in [-0.2, -0.15) is 0 Å². The van der Waals surface area contributed by atoms with E-state index in [2.05, 4.69) is 15.6 Å². The van der Waals surface area contributed by atoms with Gasteiger partial charge in [0.05, 0.1) is 5.69 Å². The SMILES string of the molecule is CC(NCc1ccc2c(c1)CN(C1CCC(=O)NC1=O)C2=O)c1csc(N)n1. The smallest absolute Gasteiger partial charge is 0.255 e. The van der Waals surface area contributed by atoms with Crippen molar-refractivity contribution in [3.63, 3.8) is 0 Å². The van der Waals surface area contributed by atoms with E-state index in [4.69, 9.17) is 5.73 Å². The summed E-state index contributed by atoms with van der Waals surface area (Å²) in [6.07, 6.45) is 0.623. The number of amides is 3. The number of piperidine rings is 1. The number of aromatic nitrogens is 1. The average Bonchev–Trinajstić information content (AvgIpc) is 3.23. The highest BCUT2D eigenvalue weighted by Gasteiger charge is 2.39. The van der Waals surface area contributed by atoms with Crippen molar-refractivity contribution in [2.45, 2.75) is 44.9 Å². The van der Waals surface area contributed by atoms with Gasteiger partial charge < -0.3 is 16.0 Å². The maximum Gasteiger partial charge on any atom is 0.255 e. The van der Waals surface area contributed by atoms with E-state index < -0.39 is 11.9 Å². The molecule has 3 amide bonds. The summed E-state index contributed by atoms with van der Waals surface area (Å²) in [5.41, 5.74) is 9.16. The van der Waals surface area contributed by atoms with Crippen LogP contribution in [0.5, 0.6) is 0 Å². The number of hydrogen-bond acceptors (Lipinski definition) is 7. The molecule has 0 bridgehead atoms. The van der Waals surface area contributed by atoms with Crippen molar-refractivity contribution in [3.8, 4) is 0 Å². The first-order valence-corrected chi connectivity index (χ1v) is 10.0. The third kappa shape index (κ3) is 3.50. The molecule has 0 aliphatic carbocycles. The summed E-state index contributed by atoms with van der Waals surface area (Å²) in [5, 5.41) is 8.21. The Bertz CT molecular complexity index is 957. The Balaban J connectivity index is 1.43. The molecule has 2 aliphatic rings. The minimum Gasteiger partial charge on any atom is -0.375 e. The van der Waals surface area contributed by atoms with E-state index >= 15 is 0 Å². The number of nitrogen functional groups attached to an aromatic ring is 1. The second-order valence-electron chi connectivity index (χ2n) is 7.10. The molecule has 0 saturated carbocycles. The van der Waals surface area contributed by atoms with Gasteiger partial charge in [0.1, 0.15) is 6.04 Å². The lowest BCUT2D eigenvalue weighted by atomic mass is 10.0. The van der Waals surface area contributed by atoms with Crippen molar-refractivity contribution in [1.82, 2.24) is 20.5 Å². The number of fused-ring (bicyclic) bond motifs is 1. The molecule has 1 fully saturated rings. The second kappa shape index (κ2) is 7.33. The van der Waals surface area contributed by atoms with Crippen molar-refractivity contribution in [2.24, 2.45) is 0 Å². The first-order valence-electron chi connectivity index (χ1n) is 9.13. The summed E-state index contributed by atoms with van der Waals surface area (Å²) >= 11 is 1.41. The van der Waals surface area contributed by atoms with Crippen LogP contribution in [0.25, 0.3) is 0 Å². The van der Waals surface area contributed by atoms with Crippen molar-refractivity contribution in [1.29, 1.82) is 0 Å². The van der Waals surface area contributed by atoms with E-state index in [0.29, 0.717) is 30.2 Å². The van der Waals surface area contributed by atoms with Crippen LogP contribution < -0.4 is 16.4 Å². The number of thiazole rings is 1. The lowest BCUT2D eigenvalue weighted by Gasteiger charge is -2.29. The molecule has 4 N–H and O–H groups in total. The molecule has 2 unspecified atom stereocenters. The number of nitrogens with zero attached hydrogens (tertiary/aromatic N) is 2. The number of nitrogens with two attached hydrogens (primary N) is 1. The third-order valence-corrected chi connectivity index (χ3v) is 5.88. The summed E-state index contributed by atoms with van der Waals surface area (Å²) < 4.78 is 0. The molecule has 8 nitrogen and oxygen atoms in total. The molecule has 9 heteroatoms. The number of nitrogens with one attached hydrogen (secondary N) is 2. The van der Waals surface area contributed by atoms with Gasteiger partial charge in [0.15, 0.2) is 5.13 Å². The lowest BCUT2D eigenvalue weighted by Crippen LogP contribution is -2.52. The van der Waals surface area contributed by atoms with Gasteiger partial charge in [0, 0.05) is 36.5 Å². The number of carbonyl (C=O) groups excluding carboxylic acids is 3. The molecule has 0 radical (unpaired) electrons. The van der Waals surface area contributed by atoms with Crippen LogP contribution in [0.1, 0.15) is 53.0 Å². The van der Waals surface area contributed by atoms with Crippen molar-refractivity contribution >= 4 is 34.2 Å². The zero-order valence-electron chi connectivity index (χ0n) is 15.4. The zero-order chi connectivity index (χ0) is 19.8. The van der Waals surface area contributed by atoms with E-state index in [1.807, 2.05) is 30.5 Å². The second-order valence-corrected chi connectivity index (χ2v) is 7.99. The summed E-state index contributed by atoms with van der Waals surface area (Å²) in [6.45, 7) is 3.03. The van der Waals surface area contributed by atoms with E-state index in [-0.39, 0.29) is 24.3 Å². The summed E-state index contributed by atoms with van der Waals surface area (Å²) in [7, 11) is 0. The number of hydrogen-bond donors (Lipinski definition) is 3. The van der Waals surface area contributed by atoms with E-state index in [0.717, 1.165) is 16.8 Å². The van der Waals surface area contributed by atoms with Crippen LogP contribution in [-0.4, -0.2) is 33.6 Å². The maximum atomic E-state index is 12.7. The number of anilines is 1. The Labute approximate surface area is 166 Å². The lowest BCUT2D eigenvalue weighted by molar-refractivity contribution is -0.136. The summed E-state index contributed by atoms with van der Waals surface area (Å²) in [4.78, 5) is 42.0. The molecule has 2 aromatic rings. The zero-order valence-corrected chi connectivity index (χ0v) is 16.2. The molecule has 3 heterocycles. The van der Waals surface area contributed by atoms with Gasteiger partial charge in [-0.1, -0.05) is 12.1 Å². The minimum absolute atomic E-state index is 0.0587. The number of carbonyl (C=O) groups is 3. The molecular formula is C19H21N5O3S. The van der Waals surface area contributed by atoms with Gasteiger partial charge in [-0.3, -0.25) is 19.7 Å². The topological polar surface area (TPSA) is 117 Å². The van der Waals surface area contributed by atoms with Gasteiger partial charge in [-0.15, -0.1) is 11.3 Å². The Kier molecular flexibility index (Phi) is 4.86. The van der Waals surface area contributed by atoms with Crippen LogP contribution in [0.2, 0.25) is 0 Å². The van der Waals surface area contributed by atoms with Gasteiger partial charge in [0.2, 0.25) is 11.8 Å². The number of imide groups is 1. The van der Waals surface area contributed by atoms with Crippen LogP contribution in [0.3, 0.4) is 0 Å². The summed E-state index contributed by atoms with van der Waals surface area (Å²) in [5.74, 6) is -0.833.